The van der Waals surface area contributed by atoms with E-state index in [1.54, 1.807) is 0 Å². The second-order valence-electron chi connectivity index (χ2n) is 8.40. The van der Waals surface area contributed by atoms with Crippen molar-refractivity contribution < 1.29 is 4.79 Å². The van der Waals surface area contributed by atoms with Crippen molar-refractivity contribution in [2.24, 2.45) is 5.41 Å². The zero-order chi connectivity index (χ0) is 22.1. The molecule has 1 aromatic heterocycles. The number of hydrogen-bond donors (Lipinski definition) is 1. The van der Waals surface area contributed by atoms with Crippen LogP contribution < -0.4 is 5.32 Å². The van der Waals surface area contributed by atoms with Gasteiger partial charge in [0, 0.05) is 5.41 Å². The molecule has 30 heavy (non-hydrogen) atoms. The van der Waals surface area contributed by atoms with E-state index < -0.39 is 16.2 Å². The fourth-order valence-corrected chi connectivity index (χ4v) is 5.58. The van der Waals surface area contributed by atoms with Crippen LogP contribution >= 0.6 is 34.8 Å². The third kappa shape index (κ3) is 2.39. The standard InChI is InChI=1S/C21H16Cl3N5O/c1-19(2)20(3)4-5-21(19,17-16(20)27-14(8-25)15(9-26)28-17)18(30)29-13-7-11(23)10(22)6-12(13)24/h6-7H,4-5H2,1-3H3,(H,29,30). The van der Waals surface area contributed by atoms with Crippen molar-refractivity contribution in [3.63, 3.8) is 0 Å². The minimum Gasteiger partial charge on any atom is -0.324 e. The molecule has 1 heterocycles. The van der Waals surface area contributed by atoms with Crippen molar-refractivity contribution in [1.29, 1.82) is 10.5 Å². The predicted molar refractivity (Wildman–Crippen MR) is 114 cm³/mol. The van der Waals surface area contributed by atoms with Crippen LogP contribution in [0.5, 0.6) is 0 Å². The highest BCUT2D eigenvalue weighted by molar-refractivity contribution is 6.44. The quantitative estimate of drug-likeness (QED) is 0.624. The molecule has 0 radical (unpaired) electrons. The Hall–Kier alpha value is -2.38. The van der Waals surface area contributed by atoms with Crippen molar-refractivity contribution in [2.75, 3.05) is 5.32 Å². The number of aromatic nitrogens is 2. The van der Waals surface area contributed by atoms with Crippen LogP contribution in [-0.4, -0.2) is 15.9 Å². The van der Waals surface area contributed by atoms with Crippen molar-refractivity contribution in [3.05, 3.63) is 50.0 Å². The molecule has 2 aliphatic carbocycles. The molecule has 2 aromatic rings. The van der Waals surface area contributed by atoms with Gasteiger partial charge in [-0.2, -0.15) is 10.5 Å². The zero-order valence-electron chi connectivity index (χ0n) is 16.4. The van der Waals surface area contributed by atoms with Crippen LogP contribution in [0.25, 0.3) is 0 Å². The molecule has 1 saturated carbocycles. The lowest BCUT2D eigenvalue weighted by Crippen LogP contribution is -2.48. The molecule has 2 unspecified atom stereocenters. The van der Waals surface area contributed by atoms with Gasteiger partial charge in [0.1, 0.15) is 12.1 Å². The van der Waals surface area contributed by atoms with Gasteiger partial charge in [0.2, 0.25) is 5.91 Å². The topological polar surface area (TPSA) is 102 Å². The first kappa shape index (κ1) is 20.9. The maximum Gasteiger partial charge on any atom is 0.237 e. The summed E-state index contributed by atoms with van der Waals surface area (Å²) in [6, 6.07) is 6.84. The molecule has 2 atom stereocenters. The van der Waals surface area contributed by atoms with Gasteiger partial charge in [-0.15, -0.1) is 0 Å². The van der Waals surface area contributed by atoms with E-state index in [9.17, 15) is 15.3 Å². The summed E-state index contributed by atoms with van der Waals surface area (Å²) in [7, 11) is 0. The summed E-state index contributed by atoms with van der Waals surface area (Å²) in [6.07, 6.45) is 1.22. The molecule has 2 bridgehead atoms. The number of carbonyl (C=O) groups is 1. The van der Waals surface area contributed by atoms with E-state index in [0.717, 1.165) is 0 Å². The number of halogens is 3. The number of fused-ring (bicyclic) bond motifs is 5. The van der Waals surface area contributed by atoms with E-state index in [-0.39, 0.29) is 32.4 Å². The Morgan fingerprint density at radius 3 is 2.13 bits per heavy atom. The van der Waals surface area contributed by atoms with Crippen LogP contribution in [0, 0.1) is 28.1 Å². The minimum absolute atomic E-state index is 0.0242. The predicted octanol–water partition coefficient (Wildman–Crippen LogP) is 5.15. The fraction of sp³-hybridized carbons (Fsp3) is 0.381. The molecule has 4 rings (SSSR count). The van der Waals surface area contributed by atoms with Crippen LogP contribution in [0.4, 0.5) is 5.69 Å². The second-order valence-corrected chi connectivity index (χ2v) is 9.63. The molecule has 152 valence electrons. The van der Waals surface area contributed by atoms with Gasteiger partial charge in [-0.1, -0.05) is 55.6 Å². The molecular formula is C21H16Cl3N5O. The molecule has 0 spiro atoms. The van der Waals surface area contributed by atoms with Crippen LogP contribution in [0.2, 0.25) is 15.1 Å². The van der Waals surface area contributed by atoms with Gasteiger partial charge in [-0.05, 0) is 30.4 Å². The number of amides is 1. The number of nitriles is 2. The third-order valence-electron chi connectivity index (χ3n) is 7.13. The Balaban J connectivity index is 1.90. The van der Waals surface area contributed by atoms with Crippen molar-refractivity contribution in [1.82, 2.24) is 9.97 Å². The van der Waals surface area contributed by atoms with Gasteiger partial charge in [0.15, 0.2) is 11.4 Å². The van der Waals surface area contributed by atoms with Crippen LogP contribution in [-0.2, 0) is 15.6 Å². The summed E-state index contributed by atoms with van der Waals surface area (Å²) in [5, 5.41) is 22.5. The van der Waals surface area contributed by atoms with E-state index in [2.05, 4.69) is 15.3 Å². The SMILES string of the molecule is CC12CCC(C(=O)Nc3cc(Cl)c(Cl)cc3Cl)(c3nc(C#N)c(C#N)nc31)C2(C)C. The van der Waals surface area contributed by atoms with E-state index in [0.29, 0.717) is 29.9 Å². The molecule has 1 aromatic carbocycles. The highest BCUT2D eigenvalue weighted by Crippen LogP contribution is 2.70. The Morgan fingerprint density at radius 2 is 1.53 bits per heavy atom. The van der Waals surface area contributed by atoms with Crippen molar-refractivity contribution in [3.8, 4) is 12.1 Å². The van der Waals surface area contributed by atoms with Crippen LogP contribution in [0.15, 0.2) is 12.1 Å². The normalized spacial score (nSPS) is 25.3. The lowest BCUT2D eigenvalue weighted by molar-refractivity contribution is -0.125. The molecule has 2 aliphatic rings. The Morgan fingerprint density at radius 1 is 0.967 bits per heavy atom. The summed E-state index contributed by atoms with van der Waals surface area (Å²) >= 11 is 18.4. The maximum atomic E-state index is 13.8. The van der Waals surface area contributed by atoms with Gasteiger partial charge in [0.05, 0.1) is 37.6 Å². The van der Waals surface area contributed by atoms with Gasteiger partial charge in [-0.25, -0.2) is 9.97 Å². The van der Waals surface area contributed by atoms with E-state index in [4.69, 9.17) is 34.8 Å². The molecule has 1 amide bonds. The summed E-state index contributed by atoms with van der Waals surface area (Å²) < 4.78 is 0. The number of carbonyl (C=O) groups excluding carboxylic acids is 1. The second kappa shape index (κ2) is 6.56. The van der Waals surface area contributed by atoms with Gasteiger partial charge in [0.25, 0.3) is 0 Å². The summed E-state index contributed by atoms with van der Waals surface area (Å²) in [5.41, 5.74) is -0.810. The van der Waals surface area contributed by atoms with E-state index in [1.165, 1.54) is 12.1 Å². The molecule has 1 N–H and O–H groups in total. The van der Waals surface area contributed by atoms with Gasteiger partial charge >= 0.3 is 0 Å². The zero-order valence-corrected chi connectivity index (χ0v) is 18.7. The maximum absolute atomic E-state index is 13.8. The van der Waals surface area contributed by atoms with Crippen molar-refractivity contribution >= 4 is 46.4 Å². The molecule has 0 aliphatic heterocycles. The summed E-state index contributed by atoms with van der Waals surface area (Å²) in [5.74, 6) is -0.307. The average Bonchev–Trinajstić information content (AvgIpc) is 3.00. The smallest absolute Gasteiger partial charge is 0.237 e. The number of benzene rings is 1. The van der Waals surface area contributed by atoms with E-state index in [1.807, 2.05) is 32.9 Å². The summed E-state index contributed by atoms with van der Waals surface area (Å²) in [4.78, 5) is 22.7. The minimum atomic E-state index is -1.04. The lowest BCUT2D eigenvalue weighted by atomic mass is 9.63. The number of anilines is 1. The van der Waals surface area contributed by atoms with Gasteiger partial charge in [-0.3, -0.25) is 4.79 Å². The molecule has 1 fully saturated rings. The first-order valence-corrected chi connectivity index (χ1v) is 10.4. The number of nitrogens with one attached hydrogen (secondary N) is 1. The highest BCUT2D eigenvalue weighted by Gasteiger charge is 2.73. The Kier molecular flexibility index (Phi) is 4.56. The molecular weight excluding hydrogens is 445 g/mol. The van der Waals surface area contributed by atoms with Crippen LogP contribution in [0.1, 0.15) is 56.4 Å². The number of hydrogen-bond acceptors (Lipinski definition) is 5. The average molecular weight is 461 g/mol. The lowest BCUT2D eigenvalue weighted by Gasteiger charge is -2.39. The monoisotopic (exact) mass is 459 g/mol. The largest absolute Gasteiger partial charge is 0.324 e. The third-order valence-corrected chi connectivity index (χ3v) is 8.16. The number of nitrogens with zero attached hydrogens (tertiary/aromatic N) is 4. The Labute approximate surface area is 188 Å². The van der Waals surface area contributed by atoms with E-state index >= 15 is 0 Å². The molecule has 0 saturated heterocycles. The molecule has 9 heteroatoms. The Bertz CT molecular complexity index is 1210. The molecule has 6 nitrogen and oxygen atoms in total. The first-order chi connectivity index (χ1) is 14.0. The van der Waals surface area contributed by atoms with Crippen molar-refractivity contribution in [2.45, 2.75) is 44.4 Å². The number of rotatable bonds is 2. The van der Waals surface area contributed by atoms with Crippen LogP contribution in [0.3, 0.4) is 0 Å². The summed E-state index contributed by atoms with van der Waals surface area (Å²) in [6.45, 7) is 6.02. The fourth-order valence-electron chi connectivity index (χ4n) is 4.99. The van der Waals surface area contributed by atoms with Gasteiger partial charge < -0.3 is 5.32 Å². The highest BCUT2D eigenvalue weighted by atomic mass is 35.5. The first-order valence-electron chi connectivity index (χ1n) is 9.22.